The van der Waals surface area contributed by atoms with E-state index in [2.05, 4.69) is 27.8 Å². The first kappa shape index (κ1) is 14.0. The van der Waals surface area contributed by atoms with Gasteiger partial charge in [0.25, 0.3) is 0 Å². The number of nitrogens with zero attached hydrogens (tertiary/aromatic N) is 1. The van der Waals surface area contributed by atoms with E-state index < -0.39 is 0 Å². The van der Waals surface area contributed by atoms with Crippen LogP contribution in [0.15, 0.2) is 22.7 Å². The molecule has 0 radical (unpaired) electrons. The Morgan fingerprint density at radius 3 is 3.00 bits per heavy atom. The normalized spacial score (nSPS) is 25.3. The third kappa shape index (κ3) is 3.11. The molecule has 1 aliphatic heterocycles. The van der Waals surface area contributed by atoms with Gasteiger partial charge in [-0.25, -0.2) is 4.39 Å². The molecule has 0 amide bonds. The van der Waals surface area contributed by atoms with Gasteiger partial charge < -0.3 is 4.74 Å². The molecule has 1 fully saturated rings. The number of likely N-dealkylation sites (tertiary alicyclic amines) is 1. The van der Waals surface area contributed by atoms with Gasteiger partial charge in [-0.05, 0) is 46.4 Å². The standard InChI is InChI=1S/C14H19BrFNO/c1-10-6-7-17(9-13(10)18-2)8-11-4-3-5-12(16)14(11)15/h3-5,10,13H,6-9H2,1-2H3. The van der Waals surface area contributed by atoms with Crippen molar-refractivity contribution in [2.75, 3.05) is 20.2 Å². The van der Waals surface area contributed by atoms with Crippen molar-refractivity contribution in [2.24, 2.45) is 5.92 Å². The van der Waals surface area contributed by atoms with Crippen molar-refractivity contribution in [3.63, 3.8) is 0 Å². The summed E-state index contributed by atoms with van der Waals surface area (Å²) in [5.74, 6) is 0.406. The first-order valence-electron chi connectivity index (χ1n) is 6.30. The minimum absolute atomic E-state index is 0.193. The van der Waals surface area contributed by atoms with Gasteiger partial charge in [0.2, 0.25) is 0 Å². The summed E-state index contributed by atoms with van der Waals surface area (Å²) >= 11 is 3.32. The Bertz CT molecular complexity index is 413. The largest absolute Gasteiger partial charge is 0.380 e. The van der Waals surface area contributed by atoms with Crippen molar-refractivity contribution < 1.29 is 9.13 Å². The second-order valence-corrected chi connectivity index (χ2v) is 5.78. The zero-order valence-corrected chi connectivity index (χ0v) is 12.4. The van der Waals surface area contributed by atoms with E-state index in [1.165, 1.54) is 6.07 Å². The van der Waals surface area contributed by atoms with Crippen LogP contribution in [0.3, 0.4) is 0 Å². The Labute approximate surface area is 116 Å². The third-order valence-corrected chi connectivity index (χ3v) is 4.59. The van der Waals surface area contributed by atoms with Crippen molar-refractivity contribution >= 4 is 15.9 Å². The molecule has 1 heterocycles. The van der Waals surface area contributed by atoms with Gasteiger partial charge in [0, 0.05) is 20.2 Å². The number of hydrogen-bond donors (Lipinski definition) is 0. The number of hydrogen-bond acceptors (Lipinski definition) is 2. The highest BCUT2D eigenvalue weighted by Crippen LogP contribution is 2.25. The first-order chi connectivity index (χ1) is 8.61. The fourth-order valence-corrected chi connectivity index (χ4v) is 2.85. The number of benzene rings is 1. The average Bonchev–Trinajstić information content (AvgIpc) is 2.37. The summed E-state index contributed by atoms with van der Waals surface area (Å²) in [6.07, 6.45) is 1.41. The second kappa shape index (κ2) is 6.13. The molecule has 18 heavy (non-hydrogen) atoms. The van der Waals surface area contributed by atoms with Crippen LogP contribution in [0.5, 0.6) is 0 Å². The van der Waals surface area contributed by atoms with E-state index in [0.29, 0.717) is 10.4 Å². The molecule has 0 bridgehead atoms. The van der Waals surface area contributed by atoms with Crippen molar-refractivity contribution in [1.29, 1.82) is 0 Å². The van der Waals surface area contributed by atoms with Crippen molar-refractivity contribution in [2.45, 2.75) is 26.0 Å². The molecule has 0 aliphatic carbocycles. The first-order valence-corrected chi connectivity index (χ1v) is 7.09. The molecule has 1 aromatic carbocycles. The fraction of sp³-hybridized carbons (Fsp3) is 0.571. The zero-order chi connectivity index (χ0) is 13.1. The quantitative estimate of drug-likeness (QED) is 0.847. The van der Waals surface area contributed by atoms with Gasteiger partial charge in [0.15, 0.2) is 0 Å². The second-order valence-electron chi connectivity index (χ2n) is 4.99. The maximum absolute atomic E-state index is 13.4. The highest BCUT2D eigenvalue weighted by molar-refractivity contribution is 9.10. The lowest BCUT2D eigenvalue weighted by atomic mass is 9.95. The average molecular weight is 316 g/mol. The van der Waals surface area contributed by atoms with Crippen LogP contribution in [-0.2, 0) is 11.3 Å². The van der Waals surface area contributed by atoms with E-state index in [9.17, 15) is 4.39 Å². The minimum atomic E-state index is -0.193. The van der Waals surface area contributed by atoms with Gasteiger partial charge in [-0.1, -0.05) is 19.1 Å². The molecule has 2 unspecified atom stereocenters. The third-order valence-electron chi connectivity index (χ3n) is 3.70. The van der Waals surface area contributed by atoms with Gasteiger partial charge in [-0.2, -0.15) is 0 Å². The maximum Gasteiger partial charge on any atom is 0.137 e. The summed E-state index contributed by atoms with van der Waals surface area (Å²) in [5, 5.41) is 0. The molecule has 1 saturated heterocycles. The molecule has 2 rings (SSSR count). The topological polar surface area (TPSA) is 12.5 Å². The molecule has 0 aromatic heterocycles. The summed E-state index contributed by atoms with van der Waals surface area (Å²) in [7, 11) is 1.77. The molecular formula is C14H19BrFNO. The van der Waals surface area contributed by atoms with Crippen LogP contribution in [-0.4, -0.2) is 31.2 Å². The molecule has 0 N–H and O–H groups in total. The van der Waals surface area contributed by atoms with Crippen LogP contribution in [0, 0.1) is 11.7 Å². The van der Waals surface area contributed by atoms with Crippen LogP contribution in [0.1, 0.15) is 18.9 Å². The number of rotatable bonds is 3. The lowest BCUT2D eigenvalue weighted by molar-refractivity contribution is -0.00752. The minimum Gasteiger partial charge on any atom is -0.380 e. The number of methoxy groups -OCH3 is 1. The summed E-state index contributed by atoms with van der Waals surface area (Å²) in [6.45, 7) is 4.96. The Morgan fingerprint density at radius 2 is 2.28 bits per heavy atom. The van der Waals surface area contributed by atoms with E-state index in [4.69, 9.17) is 4.74 Å². The van der Waals surface area contributed by atoms with Crippen molar-refractivity contribution in [3.8, 4) is 0 Å². The summed E-state index contributed by atoms with van der Waals surface area (Å²) in [4.78, 5) is 2.33. The van der Waals surface area contributed by atoms with Gasteiger partial charge >= 0.3 is 0 Å². The Hall–Kier alpha value is -0.450. The zero-order valence-electron chi connectivity index (χ0n) is 10.8. The molecule has 0 spiro atoms. The number of ether oxygens (including phenoxy) is 1. The van der Waals surface area contributed by atoms with E-state index in [0.717, 1.165) is 31.6 Å². The predicted molar refractivity (Wildman–Crippen MR) is 74.0 cm³/mol. The van der Waals surface area contributed by atoms with Crippen LogP contribution < -0.4 is 0 Å². The van der Waals surface area contributed by atoms with Crippen LogP contribution in [0.2, 0.25) is 0 Å². The smallest absolute Gasteiger partial charge is 0.137 e. The molecule has 100 valence electrons. The summed E-state index contributed by atoms with van der Waals surface area (Å²) in [6, 6.07) is 5.20. The summed E-state index contributed by atoms with van der Waals surface area (Å²) < 4.78 is 19.5. The molecule has 2 atom stereocenters. The lowest BCUT2D eigenvalue weighted by Gasteiger charge is -2.36. The molecule has 2 nitrogen and oxygen atoms in total. The number of halogens is 2. The van der Waals surface area contributed by atoms with Crippen LogP contribution in [0.4, 0.5) is 4.39 Å². The Balaban J connectivity index is 2.03. The van der Waals surface area contributed by atoms with Crippen LogP contribution >= 0.6 is 15.9 Å². The SMILES string of the molecule is COC1CN(Cc2cccc(F)c2Br)CCC1C. The van der Waals surface area contributed by atoms with E-state index >= 15 is 0 Å². The molecular weight excluding hydrogens is 297 g/mol. The van der Waals surface area contributed by atoms with Crippen molar-refractivity contribution in [3.05, 3.63) is 34.1 Å². The van der Waals surface area contributed by atoms with Crippen molar-refractivity contribution in [1.82, 2.24) is 4.90 Å². The Kier molecular flexibility index (Phi) is 4.76. The van der Waals surface area contributed by atoms with Gasteiger partial charge in [-0.3, -0.25) is 4.90 Å². The van der Waals surface area contributed by atoms with E-state index in [-0.39, 0.29) is 11.9 Å². The fourth-order valence-electron chi connectivity index (χ4n) is 2.46. The highest BCUT2D eigenvalue weighted by atomic mass is 79.9. The van der Waals surface area contributed by atoms with Gasteiger partial charge in [-0.15, -0.1) is 0 Å². The summed E-state index contributed by atoms with van der Waals surface area (Å²) in [5.41, 5.74) is 0.999. The van der Waals surface area contributed by atoms with E-state index in [1.54, 1.807) is 13.2 Å². The highest BCUT2D eigenvalue weighted by Gasteiger charge is 2.26. The molecule has 1 aromatic rings. The van der Waals surface area contributed by atoms with Crippen LogP contribution in [0.25, 0.3) is 0 Å². The Morgan fingerprint density at radius 1 is 1.50 bits per heavy atom. The molecule has 0 saturated carbocycles. The van der Waals surface area contributed by atoms with E-state index in [1.807, 2.05) is 6.07 Å². The lowest BCUT2D eigenvalue weighted by Crippen LogP contribution is -2.43. The molecule has 1 aliphatic rings. The monoisotopic (exact) mass is 315 g/mol. The maximum atomic E-state index is 13.4. The van der Waals surface area contributed by atoms with Gasteiger partial charge in [0.05, 0.1) is 10.6 Å². The van der Waals surface area contributed by atoms with Gasteiger partial charge in [0.1, 0.15) is 5.82 Å². The predicted octanol–water partition coefficient (Wildman–Crippen LogP) is 3.45. The number of piperidine rings is 1. The molecule has 4 heteroatoms.